The summed E-state index contributed by atoms with van der Waals surface area (Å²) in [6, 6.07) is 7.67. The Bertz CT molecular complexity index is 589. The average Bonchev–Trinajstić information content (AvgIpc) is 2.62. The van der Waals surface area contributed by atoms with Crippen LogP contribution in [0.1, 0.15) is 51.0 Å². The molecule has 1 aliphatic carbocycles. The number of esters is 1. The maximum Gasteiger partial charge on any atom is 0.306 e. The Kier molecular flexibility index (Phi) is 7.47. The van der Waals surface area contributed by atoms with E-state index in [1.807, 2.05) is 38.4 Å². The summed E-state index contributed by atoms with van der Waals surface area (Å²) >= 11 is 0. The van der Waals surface area contributed by atoms with E-state index in [9.17, 15) is 9.90 Å². The molecule has 0 radical (unpaired) electrons. The van der Waals surface area contributed by atoms with Gasteiger partial charge in [-0.2, -0.15) is 0 Å². The summed E-state index contributed by atoms with van der Waals surface area (Å²) in [5, 5.41) is 11.5. The number of aliphatic hydroxyl groups is 1. The molecule has 3 unspecified atom stereocenters. The monoisotopic (exact) mass is 363 g/mol. The zero-order chi connectivity index (χ0) is 19.2. The highest BCUT2D eigenvalue weighted by Crippen LogP contribution is 2.43. The average molecular weight is 363 g/mol. The summed E-state index contributed by atoms with van der Waals surface area (Å²) < 4.78 is 11.0. The fraction of sp³-hybridized carbons (Fsp3) is 0.667. The molecule has 3 atom stereocenters. The van der Waals surface area contributed by atoms with Crippen LogP contribution in [0.4, 0.5) is 0 Å². The lowest BCUT2D eigenvalue weighted by Gasteiger charge is -2.44. The van der Waals surface area contributed by atoms with Crippen LogP contribution in [0.2, 0.25) is 0 Å². The molecule has 1 aliphatic rings. The quantitative estimate of drug-likeness (QED) is 0.718. The van der Waals surface area contributed by atoms with E-state index in [0.717, 1.165) is 30.7 Å². The third-order valence-corrected chi connectivity index (χ3v) is 5.26. The Labute approximate surface area is 157 Å². The van der Waals surface area contributed by atoms with Gasteiger partial charge in [-0.1, -0.05) is 25.5 Å². The first-order chi connectivity index (χ1) is 12.4. The minimum Gasteiger partial charge on any atom is -0.497 e. The third-order valence-electron chi connectivity index (χ3n) is 5.26. The Balaban J connectivity index is 2.15. The second kappa shape index (κ2) is 9.38. The lowest BCUT2D eigenvalue weighted by Crippen LogP contribution is -2.47. The predicted molar refractivity (Wildman–Crippen MR) is 102 cm³/mol. The molecule has 1 aromatic rings. The van der Waals surface area contributed by atoms with Crippen LogP contribution in [0.15, 0.2) is 24.3 Å². The minimum absolute atomic E-state index is 0.0117. The van der Waals surface area contributed by atoms with Crippen molar-refractivity contribution in [2.75, 3.05) is 27.7 Å². The second-order valence-electron chi connectivity index (χ2n) is 7.61. The molecule has 0 aromatic heterocycles. The topological polar surface area (TPSA) is 59.0 Å². The first-order valence-electron chi connectivity index (χ1n) is 9.60. The van der Waals surface area contributed by atoms with Gasteiger partial charge in [0.2, 0.25) is 0 Å². The van der Waals surface area contributed by atoms with Crippen molar-refractivity contribution >= 4 is 5.97 Å². The Morgan fingerprint density at radius 2 is 2.15 bits per heavy atom. The van der Waals surface area contributed by atoms with Crippen molar-refractivity contribution in [1.29, 1.82) is 0 Å². The molecule has 0 saturated heterocycles. The molecule has 146 valence electrons. The van der Waals surface area contributed by atoms with Crippen LogP contribution in [0.25, 0.3) is 0 Å². The number of nitrogens with zero attached hydrogens (tertiary/aromatic N) is 1. The van der Waals surface area contributed by atoms with Gasteiger partial charge in [-0.25, -0.2) is 0 Å². The summed E-state index contributed by atoms with van der Waals surface area (Å²) in [6.07, 6.45) is 4.13. The van der Waals surface area contributed by atoms with Crippen LogP contribution in [0.5, 0.6) is 5.75 Å². The molecule has 1 fully saturated rings. The van der Waals surface area contributed by atoms with E-state index in [1.54, 1.807) is 7.11 Å². The molecule has 1 aromatic carbocycles. The Morgan fingerprint density at radius 3 is 2.81 bits per heavy atom. The number of hydrogen-bond acceptors (Lipinski definition) is 5. The fourth-order valence-corrected chi connectivity index (χ4v) is 3.83. The van der Waals surface area contributed by atoms with E-state index in [1.165, 1.54) is 0 Å². The lowest BCUT2D eigenvalue weighted by molar-refractivity contribution is -0.159. The van der Waals surface area contributed by atoms with Crippen molar-refractivity contribution in [3.05, 3.63) is 29.8 Å². The van der Waals surface area contributed by atoms with E-state index >= 15 is 0 Å². The lowest BCUT2D eigenvalue weighted by atomic mass is 9.70. The molecule has 1 N–H and O–H groups in total. The summed E-state index contributed by atoms with van der Waals surface area (Å²) in [6.45, 7) is 2.80. The molecule has 5 heteroatoms. The maximum absolute atomic E-state index is 12.0. The van der Waals surface area contributed by atoms with Gasteiger partial charge in [0, 0.05) is 18.9 Å². The fourth-order valence-electron chi connectivity index (χ4n) is 3.83. The molecule has 5 nitrogen and oxygen atoms in total. The Morgan fingerprint density at radius 1 is 1.38 bits per heavy atom. The maximum atomic E-state index is 12.0. The molecule has 1 saturated carbocycles. The number of benzene rings is 1. The number of carbonyl (C=O) groups excluding carboxylic acids is 1. The molecule has 26 heavy (non-hydrogen) atoms. The van der Waals surface area contributed by atoms with Crippen molar-refractivity contribution in [2.24, 2.45) is 5.92 Å². The van der Waals surface area contributed by atoms with E-state index < -0.39 is 5.60 Å². The minimum atomic E-state index is -0.939. The molecule has 0 heterocycles. The molecule has 0 spiro atoms. The molecule has 2 rings (SSSR count). The number of ether oxygens (including phenoxy) is 2. The first kappa shape index (κ1) is 20.7. The standard InChI is InChI=1S/C21H33NO4/c1-5-6-10-20(23)26-19-11-12-21(24,17(14-19)15-22(2)3)16-8-7-9-18(13-16)25-4/h7-9,13,17,19,24H,5-6,10-12,14-15H2,1-4H3. The largest absolute Gasteiger partial charge is 0.497 e. The Hall–Kier alpha value is -1.59. The third kappa shape index (κ3) is 5.21. The number of hydrogen-bond donors (Lipinski definition) is 1. The smallest absolute Gasteiger partial charge is 0.306 e. The van der Waals surface area contributed by atoms with Gasteiger partial charge in [0.1, 0.15) is 11.9 Å². The number of carbonyl (C=O) groups is 1. The van der Waals surface area contributed by atoms with Gasteiger partial charge < -0.3 is 19.5 Å². The van der Waals surface area contributed by atoms with Gasteiger partial charge in [0.25, 0.3) is 0 Å². The molecule has 0 bridgehead atoms. The molecular weight excluding hydrogens is 330 g/mol. The van der Waals surface area contributed by atoms with Gasteiger partial charge in [0.15, 0.2) is 0 Å². The van der Waals surface area contributed by atoms with E-state index in [0.29, 0.717) is 25.7 Å². The van der Waals surface area contributed by atoms with Gasteiger partial charge in [-0.05, 0) is 57.5 Å². The van der Waals surface area contributed by atoms with Crippen LogP contribution in [0, 0.1) is 5.92 Å². The van der Waals surface area contributed by atoms with Crippen LogP contribution in [-0.2, 0) is 15.1 Å². The van der Waals surface area contributed by atoms with Crippen molar-refractivity contribution in [3.8, 4) is 5.75 Å². The molecular formula is C21H33NO4. The van der Waals surface area contributed by atoms with Crippen molar-refractivity contribution < 1.29 is 19.4 Å². The van der Waals surface area contributed by atoms with E-state index in [-0.39, 0.29) is 18.0 Å². The van der Waals surface area contributed by atoms with Crippen LogP contribution < -0.4 is 4.74 Å². The predicted octanol–water partition coefficient (Wildman–Crippen LogP) is 3.35. The van der Waals surface area contributed by atoms with Crippen LogP contribution in [-0.4, -0.2) is 49.8 Å². The number of unbranched alkanes of at least 4 members (excludes halogenated alkanes) is 1. The number of methoxy groups -OCH3 is 1. The normalized spacial score (nSPS) is 25.9. The first-order valence-corrected chi connectivity index (χ1v) is 9.60. The summed E-state index contributed by atoms with van der Waals surface area (Å²) in [7, 11) is 5.64. The number of rotatable bonds is 8. The molecule has 0 amide bonds. The van der Waals surface area contributed by atoms with E-state index in [2.05, 4.69) is 11.8 Å². The highest BCUT2D eigenvalue weighted by atomic mass is 16.5. The van der Waals surface area contributed by atoms with Gasteiger partial charge in [-0.15, -0.1) is 0 Å². The van der Waals surface area contributed by atoms with Crippen molar-refractivity contribution in [3.63, 3.8) is 0 Å². The van der Waals surface area contributed by atoms with Gasteiger partial charge in [0.05, 0.1) is 12.7 Å². The van der Waals surface area contributed by atoms with Gasteiger partial charge in [-0.3, -0.25) is 4.79 Å². The van der Waals surface area contributed by atoms with Crippen LogP contribution >= 0.6 is 0 Å². The zero-order valence-electron chi connectivity index (χ0n) is 16.5. The zero-order valence-corrected chi connectivity index (χ0v) is 16.5. The van der Waals surface area contributed by atoms with Crippen molar-refractivity contribution in [1.82, 2.24) is 4.90 Å². The SMILES string of the molecule is CCCCC(=O)OC1CCC(O)(c2cccc(OC)c2)C(CN(C)C)C1. The van der Waals surface area contributed by atoms with Crippen LogP contribution in [0.3, 0.4) is 0 Å². The summed E-state index contributed by atoms with van der Waals surface area (Å²) in [5.74, 6) is 0.613. The van der Waals surface area contributed by atoms with Crippen molar-refractivity contribution in [2.45, 2.75) is 57.2 Å². The van der Waals surface area contributed by atoms with Gasteiger partial charge >= 0.3 is 5.97 Å². The summed E-state index contributed by atoms with van der Waals surface area (Å²) in [4.78, 5) is 14.1. The highest BCUT2D eigenvalue weighted by molar-refractivity contribution is 5.69. The highest BCUT2D eigenvalue weighted by Gasteiger charge is 2.44. The second-order valence-corrected chi connectivity index (χ2v) is 7.61. The summed E-state index contributed by atoms with van der Waals surface area (Å²) in [5.41, 5.74) is -0.0648. The van der Waals surface area contributed by atoms with E-state index in [4.69, 9.17) is 9.47 Å². The molecule has 0 aliphatic heterocycles.